The van der Waals surface area contributed by atoms with E-state index in [1.165, 1.54) is 24.3 Å². The van der Waals surface area contributed by atoms with Gasteiger partial charge in [0.15, 0.2) is 0 Å². The van der Waals surface area contributed by atoms with Crippen molar-refractivity contribution in [3.05, 3.63) is 62.7 Å². The van der Waals surface area contributed by atoms with Crippen molar-refractivity contribution < 1.29 is 19.4 Å². The SMILES string of the molecule is C#CCOc1ccc(/C=C(/C#N)C(=O)Nc2cccc(C(=O)O)c2)cc1I. The van der Waals surface area contributed by atoms with Crippen LogP contribution in [0, 0.1) is 27.2 Å². The summed E-state index contributed by atoms with van der Waals surface area (Å²) >= 11 is 2.07. The number of nitriles is 1. The maximum Gasteiger partial charge on any atom is 0.335 e. The zero-order valence-electron chi connectivity index (χ0n) is 13.9. The molecule has 0 unspecified atom stereocenters. The number of amides is 1. The number of benzene rings is 2. The Hall–Kier alpha value is -3.30. The molecule has 0 bridgehead atoms. The van der Waals surface area contributed by atoms with Crippen LogP contribution in [0.5, 0.6) is 5.75 Å². The van der Waals surface area contributed by atoms with Gasteiger partial charge in [-0.25, -0.2) is 4.79 Å². The zero-order chi connectivity index (χ0) is 19.8. The summed E-state index contributed by atoms with van der Waals surface area (Å²) in [6, 6.07) is 12.8. The second-order valence-electron chi connectivity index (χ2n) is 5.19. The van der Waals surface area contributed by atoms with Gasteiger partial charge in [-0.2, -0.15) is 5.26 Å². The molecular formula is C20H13IN2O4. The zero-order valence-corrected chi connectivity index (χ0v) is 16.1. The summed E-state index contributed by atoms with van der Waals surface area (Å²) in [6.07, 6.45) is 6.60. The molecule has 134 valence electrons. The van der Waals surface area contributed by atoms with Gasteiger partial charge >= 0.3 is 5.97 Å². The Bertz CT molecular complexity index is 1000. The molecule has 0 radical (unpaired) electrons. The maximum atomic E-state index is 12.3. The average molecular weight is 472 g/mol. The highest BCUT2D eigenvalue weighted by Gasteiger charge is 2.12. The fourth-order valence-electron chi connectivity index (χ4n) is 2.09. The number of anilines is 1. The molecule has 27 heavy (non-hydrogen) atoms. The predicted molar refractivity (Wildman–Crippen MR) is 109 cm³/mol. The topological polar surface area (TPSA) is 99.4 Å². The molecule has 0 spiro atoms. The summed E-state index contributed by atoms with van der Waals surface area (Å²) in [7, 11) is 0. The first-order chi connectivity index (χ1) is 12.9. The van der Waals surface area contributed by atoms with Crippen molar-refractivity contribution in [2.75, 3.05) is 11.9 Å². The molecule has 0 saturated carbocycles. The molecule has 6 nitrogen and oxygen atoms in total. The number of rotatable bonds is 6. The Kier molecular flexibility index (Phi) is 6.98. The molecule has 0 fully saturated rings. The van der Waals surface area contributed by atoms with Gasteiger partial charge in [-0.05, 0) is 64.6 Å². The van der Waals surface area contributed by atoms with Crippen LogP contribution in [-0.4, -0.2) is 23.6 Å². The molecule has 2 rings (SSSR count). The van der Waals surface area contributed by atoms with Gasteiger partial charge in [0.2, 0.25) is 0 Å². The molecule has 0 atom stereocenters. The Morgan fingerprint density at radius 2 is 2.07 bits per heavy atom. The summed E-state index contributed by atoms with van der Waals surface area (Å²) in [4.78, 5) is 23.3. The Morgan fingerprint density at radius 3 is 2.70 bits per heavy atom. The number of halogens is 1. The van der Waals surface area contributed by atoms with E-state index in [2.05, 4.69) is 33.8 Å². The van der Waals surface area contributed by atoms with Crippen molar-refractivity contribution in [2.24, 2.45) is 0 Å². The molecule has 2 N–H and O–H groups in total. The van der Waals surface area contributed by atoms with E-state index in [1.54, 1.807) is 24.3 Å². The molecule has 0 aliphatic carbocycles. The first-order valence-corrected chi connectivity index (χ1v) is 8.64. The molecule has 0 aromatic heterocycles. The van der Waals surface area contributed by atoms with Crippen molar-refractivity contribution >= 4 is 46.2 Å². The van der Waals surface area contributed by atoms with Crippen LogP contribution in [0.15, 0.2) is 48.0 Å². The number of carboxylic acids is 1. The molecule has 0 aliphatic rings. The van der Waals surface area contributed by atoms with Gasteiger partial charge in [-0.1, -0.05) is 18.1 Å². The first kappa shape index (κ1) is 20.0. The number of nitrogens with one attached hydrogen (secondary N) is 1. The quantitative estimate of drug-likeness (QED) is 0.290. The summed E-state index contributed by atoms with van der Waals surface area (Å²) in [5.41, 5.74) is 0.836. The Labute approximate surface area is 169 Å². The third-order valence-corrected chi connectivity index (χ3v) is 4.15. The van der Waals surface area contributed by atoms with Crippen LogP contribution in [0.3, 0.4) is 0 Å². The third kappa shape index (κ3) is 5.59. The lowest BCUT2D eigenvalue weighted by molar-refractivity contribution is -0.112. The van der Waals surface area contributed by atoms with E-state index in [1.807, 2.05) is 6.07 Å². The van der Waals surface area contributed by atoms with E-state index >= 15 is 0 Å². The van der Waals surface area contributed by atoms with Crippen molar-refractivity contribution in [2.45, 2.75) is 0 Å². The van der Waals surface area contributed by atoms with Crippen LogP contribution in [0.2, 0.25) is 0 Å². The number of terminal acetylenes is 1. The Morgan fingerprint density at radius 1 is 1.30 bits per heavy atom. The van der Waals surface area contributed by atoms with Gasteiger partial charge in [0.1, 0.15) is 24.0 Å². The van der Waals surface area contributed by atoms with E-state index in [0.717, 1.165) is 3.57 Å². The van der Waals surface area contributed by atoms with Gasteiger partial charge in [0.25, 0.3) is 5.91 Å². The highest BCUT2D eigenvalue weighted by atomic mass is 127. The van der Waals surface area contributed by atoms with Gasteiger partial charge < -0.3 is 15.2 Å². The highest BCUT2D eigenvalue weighted by Crippen LogP contribution is 2.23. The van der Waals surface area contributed by atoms with Crippen LogP contribution in [0.4, 0.5) is 5.69 Å². The average Bonchev–Trinajstić information content (AvgIpc) is 2.65. The van der Waals surface area contributed by atoms with Crippen LogP contribution in [0.25, 0.3) is 6.08 Å². The van der Waals surface area contributed by atoms with E-state index in [4.69, 9.17) is 16.3 Å². The minimum atomic E-state index is -1.11. The number of aromatic carboxylic acids is 1. The number of carbonyl (C=O) groups is 2. The van der Waals surface area contributed by atoms with Crippen molar-refractivity contribution in [3.8, 4) is 24.2 Å². The largest absolute Gasteiger partial charge is 0.480 e. The molecule has 2 aromatic rings. The Balaban J connectivity index is 2.20. The van der Waals surface area contributed by atoms with Gasteiger partial charge in [-0.15, -0.1) is 6.42 Å². The van der Waals surface area contributed by atoms with Crippen LogP contribution in [0.1, 0.15) is 15.9 Å². The summed E-state index contributed by atoms with van der Waals surface area (Å²) in [5.74, 6) is 1.24. The number of ether oxygens (including phenoxy) is 1. The third-order valence-electron chi connectivity index (χ3n) is 3.31. The standard InChI is InChI=1S/C20H13IN2O4/c1-2-8-27-18-7-6-13(10-17(18)21)9-15(12-22)19(24)23-16-5-3-4-14(11-16)20(25)26/h1,3-7,9-11H,8H2,(H,23,24)(H,25,26)/b15-9-. The summed E-state index contributed by atoms with van der Waals surface area (Å²) in [6.45, 7) is 0.145. The lowest BCUT2D eigenvalue weighted by Gasteiger charge is -2.07. The number of nitrogens with zero attached hydrogens (tertiary/aromatic N) is 1. The van der Waals surface area contributed by atoms with E-state index < -0.39 is 11.9 Å². The molecule has 0 saturated heterocycles. The minimum absolute atomic E-state index is 0.0346. The predicted octanol–water partition coefficient (Wildman–Crippen LogP) is 3.55. The van der Waals surface area contributed by atoms with E-state index in [9.17, 15) is 14.9 Å². The van der Waals surface area contributed by atoms with Crippen molar-refractivity contribution in [3.63, 3.8) is 0 Å². The second-order valence-corrected chi connectivity index (χ2v) is 6.35. The smallest absolute Gasteiger partial charge is 0.335 e. The summed E-state index contributed by atoms with van der Waals surface area (Å²) < 4.78 is 6.15. The van der Waals surface area contributed by atoms with Crippen LogP contribution in [-0.2, 0) is 4.79 Å². The van der Waals surface area contributed by atoms with E-state index in [0.29, 0.717) is 11.3 Å². The number of hydrogen-bond acceptors (Lipinski definition) is 4. The van der Waals surface area contributed by atoms with Crippen molar-refractivity contribution in [1.82, 2.24) is 0 Å². The van der Waals surface area contributed by atoms with Gasteiger partial charge in [0.05, 0.1) is 9.13 Å². The normalized spacial score (nSPS) is 10.4. The van der Waals surface area contributed by atoms with Crippen LogP contribution < -0.4 is 10.1 Å². The second kappa shape index (κ2) is 9.41. The minimum Gasteiger partial charge on any atom is -0.480 e. The monoisotopic (exact) mass is 472 g/mol. The van der Waals surface area contributed by atoms with Gasteiger partial charge in [-0.3, -0.25) is 4.79 Å². The van der Waals surface area contributed by atoms with Crippen LogP contribution >= 0.6 is 22.6 Å². The number of carboxylic acid groups (broad SMARTS) is 1. The molecule has 7 heteroatoms. The summed E-state index contributed by atoms with van der Waals surface area (Å²) in [5, 5.41) is 20.8. The molecule has 0 heterocycles. The molecule has 2 aromatic carbocycles. The molecular weight excluding hydrogens is 459 g/mol. The number of hydrogen-bond donors (Lipinski definition) is 2. The maximum absolute atomic E-state index is 12.3. The number of carbonyl (C=O) groups excluding carboxylic acids is 1. The highest BCUT2D eigenvalue weighted by molar-refractivity contribution is 14.1. The first-order valence-electron chi connectivity index (χ1n) is 7.57. The molecule has 0 aliphatic heterocycles. The fraction of sp³-hybridized carbons (Fsp3) is 0.0500. The van der Waals surface area contributed by atoms with E-state index in [-0.39, 0.29) is 23.4 Å². The fourth-order valence-corrected chi connectivity index (χ4v) is 2.78. The lowest BCUT2D eigenvalue weighted by Crippen LogP contribution is -2.14. The lowest BCUT2D eigenvalue weighted by atomic mass is 10.1. The van der Waals surface area contributed by atoms with Crippen molar-refractivity contribution in [1.29, 1.82) is 5.26 Å². The van der Waals surface area contributed by atoms with Gasteiger partial charge in [0, 0.05) is 5.69 Å². The molecule has 1 amide bonds.